The van der Waals surface area contributed by atoms with Crippen LogP contribution in [-0.4, -0.2) is 66.7 Å². The molecule has 2 aromatic heterocycles. The highest BCUT2D eigenvalue weighted by molar-refractivity contribution is 7.81. The van der Waals surface area contributed by atoms with Crippen LogP contribution in [0.4, 0.5) is 0 Å². The van der Waals surface area contributed by atoms with E-state index in [9.17, 15) is 29.4 Å². The predicted molar refractivity (Wildman–Crippen MR) is 181 cm³/mol. The van der Waals surface area contributed by atoms with Crippen LogP contribution in [0, 0.1) is 13.8 Å². The molecule has 2 aliphatic rings. The van der Waals surface area contributed by atoms with Crippen molar-refractivity contribution >= 4 is 66.9 Å². The molecule has 45 heavy (non-hydrogen) atoms. The maximum Gasteiger partial charge on any atom is 0.303 e. The van der Waals surface area contributed by atoms with Gasteiger partial charge in [0.25, 0.3) is 5.91 Å². The Kier molecular flexibility index (Phi) is 10.7. The molecule has 4 rings (SSSR count). The number of thiol groups is 2. The number of amides is 2. The van der Waals surface area contributed by atoms with E-state index in [0.29, 0.717) is 51.8 Å². The number of nitrogens with zero attached hydrogens (tertiary/aromatic N) is 1. The van der Waals surface area contributed by atoms with Gasteiger partial charge in [-0.25, -0.2) is 4.99 Å². The second kappa shape index (κ2) is 14.1. The third-order valence-electron chi connectivity index (χ3n) is 8.70. The molecule has 240 valence electrons. The first kappa shape index (κ1) is 34.1. The number of carboxylic acid groups (broad SMARTS) is 2. The lowest BCUT2D eigenvalue weighted by molar-refractivity contribution is -0.138. The average Bonchev–Trinajstić information content (AvgIpc) is 3.60. The number of rotatable bonds is 13. The lowest BCUT2D eigenvalue weighted by Crippen LogP contribution is -2.31. The monoisotopic (exact) mass is 652 g/mol. The van der Waals surface area contributed by atoms with Crippen molar-refractivity contribution in [2.24, 2.45) is 4.99 Å². The van der Waals surface area contributed by atoms with E-state index in [2.05, 4.69) is 45.5 Å². The van der Waals surface area contributed by atoms with Crippen LogP contribution >= 0.6 is 25.3 Å². The molecule has 0 aromatic carbocycles. The Hall–Kier alpha value is -3.77. The molecule has 0 fully saturated rings. The number of aliphatic carboxylic acids is 2. The fourth-order valence-corrected chi connectivity index (χ4v) is 6.69. The third-order valence-corrected chi connectivity index (χ3v) is 9.19. The fourth-order valence-electron chi connectivity index (χ4n) is 6.15. The molecular weight excluding hydrogens is 613 g/mol. The number of carbonyl (C=O) groups excluding carboxylic acids is 2. The van der Waals surface area contributed by atoms with Crippen LogP contribution in [0.5, 0.6) is 0 Å². The highest BCUT2D eigenvalue weighted by atomic mass is 32.1. The van der Waals surface area contributed by atoms with Gasteiger partial charge in [0, 0.05) is 57.7 Å². The van der Waals surface area contributed by atoms with Crippen molar-refractivity contribution in [1.82, 2.24) is 15.3 Å². The fraction of sp³-hybridized carbons (Fsp3) is 0.424. The van der Waals surface area contributed by atoms with Gasteiger partial charge < -0.3 is 25.5 Å². The minimum atomic E-state index is -0.926. The highest BCUT2D eigenvalue weighted by Gasteiger charge is 2.32. The third kappa shape index (κ3) is 7.38. The summed E-state index contributed by atoms with van der Waals surface area (Å²) < 4.78 is 0. The molecule has 0 saturated carbocycles. The Morgan fingerprint density at radius 3 is 2.16 bits per heavy atom. The molecule has 0 radical (unpaired) electrons. The summed E-state index contributed by atoms with van der Waals surface area (Å²) in [6.07, 6.45) is 5.19. The summed E-state index contributed by atoms with van der Waals surface area (Å²) in [5.41, 5.74) is 8.55. The molecule has 0 saturated heterocycles. The number of allylic oxidation sites excluding steroid dienone is 1. The molecule has 2 amide bonds. The van der Waals surface area contributed by atoms with Gasteiger partial charge in [0.2, 0.25) is 5.91 Å². The molecule has 2 aromatic rings. The van der Waals surface area contributed by atoms with Crippen LogP contribution in [-0.2, 0) is 38.4 Å². The molecule has 2 aliphatic heterocycles. The van der Waals surface area contributed by atoms with E-state index in [1.54, 1.807) is 6.92 Å². The van der Waals surface area contributed by atoms with Gasteiger partial charge in [-0.15, -0.1) is 0 Å². The van der Waals surface area contributed by atoms with E-state index in [1.807, 2.05) is 39.8 Å². The number of H-pyrrole nitrogens is 2. The summed E-state index contributed by atoms with van der Waals surface area (Å²) in [4.78, 5) is 59.3. The minimum Gasteiger partial charge on any atom is -0.481 e. The maximum absolute atomic E-state index is 12.6. The summed E-state index contributed by atoms with van der Waals surface area (Å²) in [7, 11) is 0. The van der Waals surface area contributed by atoms with E-state index < -0.39 is 11.9 Å². The number of hydrogen-bond acceptors (Lipinski definition) is 6. The molecule has 0 spiro atoms. The van der Waals surface area contributed by atoms with Gasteiger partial charge in [0.05, 0.1) is 11.8 Å². The predicted octanol–water partition coefficient (Wildman–Crippen LogP) is 2.90. The van der Waals surface area contributed by atoms with Crippen LogP contribution in [0.2, 0.25) is 0 Å². The van der Waals surface area contributed by atoms with E-state index >= 15 is 0 Å². The average molecular weight is 653 g/mol. The number of carbonyl (C=O) groups is 4. The van der Waals surface area contributed by atoms with Gasteiger partial charge in [-0.2, -0.15) is 25.3 Å². The summed E-state index contributed by atoms with van der Waals surface area (Å²) in [5, 5.41) is 23.2. The lowest BCUT2D eigenvalue weighted by atomic mass is 9.98. The largest absolute Gasteiger partial charge is 0.481 e. The van der Waals surface area contributed by atoms with Crippen molar-refractivity contribution in [3.63, 3.8) is 0 Å². The van der Waals surface area contributed by atoms with Gasteiger partial charge in [-0.05, 0) is 105 Å². The Bertz CT molecular complexity index is 1790. The topological polar surface area (TPSA) is 165 Å². The number of aliphatic imine (C=N–C) groups is 1. The number of hydrogen-bond donors (Lipinski definition) is 7. The van der Waals surface area contributed by atoms with Crippen LogP contribution in [0.25, 0.3) is 12.2 Å². The van der Waals surface area contributed by atoms with Gasteiger partial charge >= 0.3 is 11.9 Å². The van der Waals surface area contributed by atoms with Crippen molar-refractivity contribution in [2.75, 3.05) is 5.75 Å². The molecule has 0 unspecified atom stereocenters. The second-order valence-corrected chi connectivity index (χ2v) is 12.9. The van der Waals surface area contributed by atoms with Crippen molar-refractivity contribution < 1.29 is 29.4 Å². The SMILES string of the molecule is CC1=C(CCS)C(/C=c2/[nH]/c(=C\c3[nH]c(C[C@H]4NC(=O)C([C@@H](C)S)=C4C)c(C)c3CCC(=O)O)c(CCC(=O)O)c2C)=NC1=O. The quantitative estimate of drug-likeness (QED) is 0.165. The van der Waals surface area contributed by atoms with Crippen molar-refractivity contribution in [1.29, 1.82) is 0 Å². The zero-order chi connectivity index (χ0) is 33.2. The van der Waals surface area contributed by atoms with Crippen molar-refractivity contribution in [3.05, 3.63) is 66.6 Å². The van der Waals surface area contributed by atoms with Gasteiger partial charge in [0.1, 0.15) is 0 Å². The number of carboxylic acids is 2. The van der Waals surface area contributed by atoms with Crippen LogP contribution < -0.4 is 16.0 Å². The normalized spacial score (nSPS) is 18.4. The van der Waals surface area contributed by atoms with E-state index in [1.165, 1.54) is 0 Å². The zero-order valence-corrected chi connectivity index (χ0v) is 27.9. The summed E-state index contributed by atoms with van der Waals surface area (Å²) in [6, 6.07) is -0.224. The number of aromatic amines is 2. The molecule has 12 heteroatoms. The molecule has 4 heterocycles. The number of nitrogens with one attached hydrogen (secondary N) is 3. The standard InChI is InChI=1S/C33H40N4O6S2/c1-15-20(6-8-29(38)39)26(34-23(15)12-25-18(4)31(19(5)45)33(43)36-25)14-27-21(7-9-30(40)41)16(2)24(35-27)13-28-22(10-11-44)17(3)32(42)37-28/h13-14,19,25,34-35,44-45H,6-12H2,1-5H3,(H,36,43)(H,38,39)(H,40,41)/b24-13+,27-14-/t19-,25-/m1/s1. The molecule has 0 aliphatic carbocycles. The molecule has 0 bridgehead atoms. The Morgan fingerprint density at radius 1 is 0.933 bits per heavy atom. The first-order valence-corrected chi connectivity index (χ1v) is 16.1. The number of aromatic nitrogens is 2. The van der Waals surface area contributed by atoms with E-state index in [0.717, 1.165) is 39.1 Å². The molecule has 10 nitrogen and oxygen atoms in total. The van der Waals surface area contributed by atoms with Gasteiger partial charge in [-0.3, -0.25) is 19.2 Å². The van der Waals surface area contributed by atoms with E-state index in [4.69, 9.17) is 0 Å². The highest BCUT2D eigenvalue weighted by Crippen LogP contribution is 2.28. The Labute approximate surface area is 272 Å². The summed E-state index contributed by atoms with van der Waals surface area (Å²) >= 11 is 8.81. The summed E-state index contributed by atoms with van der Waals surface area (Å²) in [6.45, 7) is 9.38. The minimum absolute atomic E-state index is 0.0680. The first-order valence-electron chi connectivity index (χ1n) is 14.9. The first-order chi connectivity index (χ1) is 21.2. The lowest BCUT2D eigenvalue weighted by Gasteiger charge is -2.12. The van der Waals surface area contributed by atoms with Crippen LogP contribution in [0.15, 0.2) is 27.3 Å². The van der Waals surface area contributed by atoms with E-state index in [-0.39, 0.29) is 48.8 Å². The maximum atomic E-state index is 12.6. The van der Waals surface area contributed by atoms with Crippen LogP contribution in [0.3, 0.4) is 0 Å². The molecule has 5 N–H and O–H groups in total. The Morgan fingerprint density at radius 2 is 1.58 bits per heavy atom. The molecule has 2 atom stereocenters. The van der Waals surface area contributed by atoms with Gasteiger partial charge in [-0.1, -0.05) is 0 Å². The van der Waals surface area contributed by atoms with Gasteiger partial charge in [0.15, 0.2) is 0 Å². The second-order valence-electron chi connectivity index (χ2n) is 11.6. The Balaban J connectivity index is 1.85. The van der Waals surface area contributed by atoms with Crippen LogP contribution in [0.1, 0.15) is 73.7 Å². The molecular formula is C33H40N4O6S2. The summed E-state index contributed by atoms with van der Waals surface area (Å²) in [5.74, 6) is -1.70. The zero-order valence-electron chi connectivity index (χ0n) is 26.1. The smallest absolute Gasteiger partial charge is 0.303 e. The van der Waals surface area contributed by atoms with Crippen molar-refractivity contribution in [3.8, 4) is 0 Å². The van der Waals surface area contributed by atoms with Crippen molar-refractivity contribution in [2.45, 2.75) is 84.4 Å².